The minimum atomic E-state index is 0.142. The third kappa shape index (κ3) is 3.17. The molecule has 0 unspecified atom stereocenters. The summed E-state index contributed by atoms with van der Waals surface area (Å²) in [5.74, 6) is 0.748. The van der Waals surface area contributed by atoms with Crippen LogP contribution >= 0.6 is 11.6 Å². The maximum Gasteiger partial charge on any atom is 0.197 e. The Hall–Kier alpha value is -2.21. The third-order valence-electron chi connectivity index (χ3n) is 2.58. The van der Waals surface area contributed by atoms with E-state index in [1.807, 2.05) is 30.3 Å². The van der Waals surface area contributed by atoms with E-state index in [4.69, 9.17) is 28.8 Å². The maximum absolute atomic E-state index is 6.03. The Morgan fingerprint density at radius 1 is 1.32 bits per heavy atom. The van der Waals surface area contributed by atoms with Crippen molar-refractivity contribution in [1.29, 1.82) is 0 Å². The summed E-state index contributed by atoms with van der Waals surface area (Å²) in [6.45, 7) is 0.744. The molecule has 6 nitrogen and oxygen atoms in total. The van der Waals surface area contributed by atoms with E-state index in [9.17, 15) is 0 Å². The lowest BCUT2D eigenvalue weighted by Gasteiger charge is -2.25. The van der Waals surface area contributed by atoms with Gasteiger partial charge < -0.3 is 17.2 Å². The summed E-state index contributed by atoms with van der Waals surface area (Å²) in [6.07, 6.45) is 0. The van der Waals surface area contributed by atoms with Crippen LogP contribution in [0.5, 0.6) is 0 Å². The molecule has 1 aliphatic heterocycles. The molecule has 1 aromatic carbocycles. The number of nitrogens with two attached hydrogens (primary N) is 3. The van der Waals surface area contributed by atoms with Crippen LogP contribution in [0.15, 0.2) is 51.3 Å². The molecule has 0 fully saturated rings. The number of hydrogen-bond acceptors (Lipinski definition) is 4. The van der Waals surface area contributed by atoms with Crippen LogP contribution < -0.4 is 17.2 Å². The van der Waals surface area contributed by atoms with Gasteiger partial charge in [0.2, 0.25) is 0 Å². The predicted octanol–water partition coefficient (Wildman–Crippen LogP) is 0.498. The molecule has 0 radical (unpaired) electrons. The topological polar surface area (TPSA) is 106 Å². The Kier molecular flexibility index (Phi) is 3.91. The molecule has 0 atom stereocenters. The molecule has 2 rings (SSSR count). The third-order valence-corrected chi connectivity index (χ3v) is 2.97. The second-order valence-electron chi connectivity index (χ2n) is 4.03. The summed E-state index contributed by atoms with van der Waals surface area (Å²) in [7, 11) is 0. The van der Waals surface area contributed by atoms with E-state index >= 15 is 0 Å². The fourth-order valence-electron chi connectivity index (χ4n) is 1.63. The lowest BCUT2D eigenvalue weighted by molar-refractivity contribution is 0.586. The second kappa shape index (κ2) is 5.62. The lowest BCUT2D eigenvalue weighted by atomic mass is 10.2. The number of nitrogens with zero attached hydrogens (tertiary/aromatic N) is 3. The van der Waals surface area contributed by atoms with Gasteiger partial charge >= 0.3 is 0 Å². The van der Waals surface area contributed by atoms with Crippen molar-refractivity contribution in [3.8, 4) is 0 Å². The number of aliphatic imine (C=N–C) groups is 2. The maximum atomic E-state index is 6.03. The van der Waals surface area contributed by atoms with Crippen LogP contribution in [-0.4, -0.2) is 23.2 Å². The molecule has 19 heavy (non-hydrogen) atoms. The van der Waals surface area contributed by atoms with Gasteiger partial charge in [0.15, 0.2) is 16.9 Å². The SMILES string of the molecule is NC1=NC(N)=C(Cl)N(C(N)=NCc2ccccc2)C1. The summed E-state index contributed by atoms with van der Waals surface area (Å²) < 4.78 is 0. The Balaban J connectivity index is 2.12. The van der Waals surface area contributed by atoms with Crippen LogP contribution in [0.4, 0.5) is 0 Å². The summed E-state index contributed by atoms with van der Waals surface area (Å²) in [6, 6.07) is 9.76. The number of benzene rings is 1. The van der Waals surface area contributed by atoms with Gasteiger partial charge in [0.1, 0.15) is 5.84 Å². The number of hydrogen-bond donors (Lipinski definition) is 3. The lowest BCUT2D eigenvalue weighted by Crippen LogP contribution is -2.44. The van der Waals surface area contributed by atoms with Gasteiger partial charge in [-0.15, -0.1) is 0 Å². The van der Waals surface area contributed by atoms with E-state index in [1.165, 1.54) is 4.90 Å². The first-order valence-electron chi connectivity index (χ1n) is 5.67. The molecule has 0 aromatic heterocycles. The van der Waals surface area contributed by atoms with Crippen LogP contribution in [0.3, 0.4) is 0 Å². The first-order chi connectivity index (χ1) is 9.08. The van der Waals surface area contributed by atoms with Crippen molar-refractivity contribution in [2.24, 2.45) is 27.2 Å². The minimum Gasteiger partial charge on any atom is -0.386 e. The first kappa shape index (κ1) is 13.2. The quantitative estimate of drug-likeness (QED) is 0.416. The summed E-state index contributed by atoms with van der Waals surface area (Å²) >= 11 is 6.03. The molecular formula is C12H15ClN6. The normalized spacial score (nSPS) is 16.6. The molecular weight excluding hydrogens is 264 g/mol. The van der Waals surface area contributed by atoms with Crippen LogP contribution in [0.25, 0.3) is 0 Å². The summed E-state index contributed by atoms with van der Waals surface area (Å²) in [5.41, 5.74) is 18.2. The number of guanidine groups is 1. The summed E-state index contributed by atoms with van der Waals surface area (Å²) in [5, 5.41) is 0.239. The fourth-order valence-corrected chi connectivity index (χ4v) is 1.82. The molecule has 7 heteroatoms. The number of rotatable bonds is 2. The van der Waals surface area contributed by atoms with Crippen molar-refractivity contribution in [3.05, 3.63) is 46.9 Å². The van der Waals surface area contributed by atoms with Crippen LogP contribution in [-0.2, 0) is 6.54 Å². The molecule has 1 heterocycles. The molecule has 0 bridgehead atoms. The van der Waals surface area contributed by atoms with Gasteiger partial charge in [-0.2, -0.15) is 0 Å². The van der Waals surface area contributed by atoms with Crippen molar-refractivity contribution in [3.63, 3.8) is 0 Å². The van der Waals surface area contributed by atoms with Crippen LogP contribution in [0.2, 0.25) is 0 Å². The molecule has 100 valence electrons. The van der Waals surface area contributed by atoms with E-state index < -0.39 is 0 Å². The Morgan fingerprint density at radius 3 is 2.68 bits per heavy atom. The average Bonchev–Trinajstić information content (AvgIpc) is 2.41. The van der Waals surface area contributed by atoms with E-state index in [0.717, 1.165) is 5.56 Å². The standard InChI is InChI=1S/C12H15ClN6/c13-10-11(15)18-9(14)7-19(10)12(16)17-6-8-4-2-1-3-5-8/h1-5H,6-7,15H2,(H2,14,18)(H2,16,17). The zero-order valence-corrected chi connectivity index (χ0v) is 11.0. The average molecular weight is 279 g/mol. The highest BCUT2D eigenvalue weighted by Crippen LogP contribution is 2.16. The molecule has 0 saturated heterocycles. The van der Waals surface area contributed by atoms with Crippen molar-refractivity contribution >= 4 is 23.4 Å². The van der Waals surface area contributed by atoms with Crippen molar-refractivity contribution in [2.45, 2.75) is 6.54 Å². The van der Waals surface area contributed by atoms with E-state index in [1.54, 1.807) is 0 Å². The highest BCUT2D eigenvalue weighted by atomic mass is 35.5. The molecule has 0 saturated carbocycles. The summed E-state index contributed by atoms with van der Waals surface area (Å²) in [4.78, 5) is 9.69. The molecule has 1 aromatic rings. The molecule has 6 N–H and O–H groups in total. The van der Waals surface area contributed by atoms with Gasteiger partial charge in [0.05, 0.1) is 13.1 Å². The van der Waals surface area contributed by atoms with E-state index in [0.29, 0.717) is 12.4 Å². The molecule has 1 aliphatic rings. The predicted molar refractivity (Wildman–Crippen MR) is 77.2 cm³/mol. The second-order valence-corrected chi connectivity index (χ2v) is 4.38. The highest BCUT2D eigenvalue weighted by Gasteiger charge is 2.20. The van der Waals surface area contributed by atoms with Crippen molar-refractivity contribution in [1.82, 2.24) is 4.90 Å². The highest BCUT2D eigenvalue weighted by molar-refractivity contribution is 6.31. The molecule has 0 spiro atoms. The monoisotopic (exact) mass is 278 g/mol. The van der Waals surface area contributed by atoms with Gasteiger partial charge in [-0.1, -0.05) is 41.9 Å². The zero-order chi connectivity index (χ0) is 13.8. The van der Waals surface area contributed by atoms with Crippen LogP contribution in [0.1, 0.15) is 5.56 Å². The fraction of sp³-hybridized carbons (Fsp3) is 0.167. The Bertz CT molecular complexity index is 549. The van der Waals surface area contributed by atoms with Crippen molar-refractivity contribution in [2.75, 3.05) is 6.54 Å². The minimum absolute atomic E-state index is 0.142. The van der Waals surface area contributed by atoms with Gasteiger partial charge in [0, 0.05) is 0 Å². The van der Waals surface area contributed by atoms with Crippen LogP contribution in [0, 0.1) is 0 Å². The van der Waals surface area contributed by atoms with E-state index in [2.05, 4.69) is 9.98 Å². The van der Waals surface area contributed by atoms with Gasteiger partial charge in [0.25, 0.3) is 0 Å². The first-order valence-corrected chi connectivity index (χ1v) is 6.05. The van der Waals surface area contributed by atoms with E-state index in [-0.39, 0.29) is 23.5 Å². The Labute approximate surface area is 116 Å². The van der Waals surface area contributed by atoms with Crippen molar-refractivity contribution < 1.29 is 0 Å². The zero-order valence-electron chi connectivity index (χ0n) is 10.3. The van der Waals surface area contributed by atoms with Gasteiger partial charge in [-0.05, 0) is 5.56 Å². The largest absolute Gasteiger partial charge is 0.386 e. The molecule has 0 aliphatic carbocycles. The molecule has 0 amide bonds. The number of amidine groups is 1. The smallest absolute Gasteiger partial charge is 0.197 e. The van der Waals surface area contributed by atoms with Gasteiger partial charge in [-0.25, -0.2) is 9.98 Å². The van der Waals surface area contributed by atoms with Gasteiger partial charge in [-0.3, -0.25) is 4.90 Å². The Morgan fingerprint density at radius 2 is 2.00 bits per heavy atom. The number of halogens is 1.